The van der Waals surface area contributed by atoms with Crippen molar-refractivity contribution in [2.24, 2.45) is 0 Å². The van der Waals surface area contributed by atoms with Crippen LogP contribution in [0, 0.1) is 0 Å². The maximum Gasteiger partial charge on any atom is 0.278 e. The normalized spacial score (nSPS) is 13.8. The van der Waals surface area contributed by atoms with Crippen LogP contribution in [-0.4, -0.2) is 33.1 Å². The average molecular weight is 397 g/mol. The molecule has 0 saturated carbocycles. The summed E-state index contributed by atoms with van der Waals surface area (Å²) in [6.07, 6.45) is 3.36. The van der Waals surface area contributed by atoms with Gasteiger partial charge in [0.2, 0.25) is 0 Å². The SMILES string of the molecule is CCN(Cc1ccccc1)C1=C(c2ccccc2)C(=O)N(Cc2cccnc2)C1=O. The Kier molecular flexibility index (Phi) is 5.70. The molecule has 1 aliphatic heterocycles. The topological polar surface area (TPSA) is 53.5 Å². The number of hydrogen-bond donors (Lipinski definition) is 0. The summed E-state index contributed by atoms with van der Waals surface area (Å²) in [6.45, 7) is 3.37. The van der Waals surface area contributed by atoms with Crippen molar-refractivity contribution in [1.29, 1.82) is 0 Å². The van der Waals surface area contributed by atoms with Gasteiger partial charge < -0.3 is 4.90 Å². The summed E-state index contributed by atoms with van der Waals surface area (Å²) in [5.74, 6) is -0.531. The lowest BCUT2D eigenvalue weighted by Crippen LogP contribution is -2.34. The number of aromatic nitrogens is 1. The molecule has 0 aliphatic carbocycles. The number of imide groups is 1. The van der Waals surface area contributed by atoms with Gasteiger partial charge >= 0.3 is 0 Å². The molecule has 5 nitrogen and oxygen atoms in total. The minimum atomic E-state index is -0.267. The lowest BCUT2D eigenvalue weighted by atomic mass is 10.0. The molecule has 4 rings (SSSR count). The van der Waals surface area contributed by atoms with E-state index in [1.165, 1.54) is 4.90 Å². The number of carbonyl (C=O) groups excluding carboxylic acids is 2. The van der Waals surface area contributed by atoms with Crippen LogP contribution in [0.5, 0.6) is 0 Å². The molecule has 2 amide bonds. The first kappa shape index (κ1) is 19.6. The molecule has 1 aromatic heterocycles. The van der Waals surface area contributed by atoms with Crippen molar-refractivity contribution in [2.75, 3.05) is 6.54 Å². The molecule has 30 heavy (non-hydrogen) atoms. The van der Waals surface area contributed by atoms with E-state index in [0.29, 0.717) is 24.4 Å². The number of rotatable bonds is 7. The van der Waals surface area contributed by atoms with Gasteiger partial charge in [0.25, 0.3) is 11.8 Å². The Morgan fingerprint density at radius 1 is 0.833 bits per heavy atom. The minimum absolute atomic E-state index is 0.203. The summed E-state index contributed by atoms with van der Waals surface area (Å²) in [5, 5.41) is 0. The summed E-state index contributed by atoms with van der Waals surface area (Å²) in [5.41, 5.74) is 3.58. The zero-order valence-electron chi connectivity index (χ0n) is 16.9. The largest absolute Gasteiger partial charge is 0.362 e. The molecule has 2 aromatic carbocycles. The minimum Gasteiger partial charge on any atom is -0.362 e. The Morgan fingerprint density at radius 2 is 1.50 bits per heavy atom. The van der Waals surface area contributed by atoms with E-state index in [1.807, 2.05) is 78.6 Å². The lowest BCUT2D eigenvalue weighted by Gasteiger charge is -2.25. The quantitative estimate of drug-likeness (QED) is 0.568. The van der Waals surface area contributed by atoms with Crippen LogP contribution in [-0.2, 0) is 22.7 Å². The van der Waals surface area contributed by atoms with Crippen molar-refractivity contribution in [1.82, 2.24) is 14.8 Å². The molecule has 150 valence electrons. The second kappa shape index (κ2) is 8.74. The van der Waals surface area contributed by atoms with Crippen LogP contribution in [0.4, 0.5) is 0 Å². The molecule has 2 heterocycles. The van der Waals surface area contributed by atoms with Crippen LogP contribution < -0.4 is 0 Å². The summed E-state index contributed by atoms with van der Waals surface area (Å²) in [4.78, 5) is 34.3. The Hall–Kier alpha value is -3.73. The summed E-state index contributed by atoms with van der Waals surface area (Å²) < 4.78 is 0. The highest BCUT2D eigenvalue weighted by Crippen LogP contribution is 2.33. The Bertz CT molecular complexity index is 1060. The van der Waals surface area contributed by atoms with Gasteiger partial charge in [0.15, 0.2) is 0 Å². The van der Waals surface area contributed by atoms with Gasteiger partial charge in [0.05, 0.1) is 12.1 Å². The second-order valence-electron chi connectivity index (χ2n) is 7.15. The number of nitrogens with zero attached hydrogens (tertiary/aromatic N) is 3. The van der Waals surface area contributed by atoms with Crippen molar-refractivity contribution in [3.05, 3.63) is 108 Å². The molecule has 0 atom stereocenters. The zero-order chi connectivity index (χ0) is 20.9. The number of amides is 2. The molecule has 0 fully saturated rings. The zero-order valence-corrected chi connectivity index (χ0v) is 16.9. The van der Waals surface area contributed by atoms with Gasteiger partial charge in [-0.1, -0.05) is 66.7 Å². The Balaban J connectivity index is 1.74. The summed E-state index contributed by atoms with van der Waals surface area (Å²) in [6, 6.07) is 23.1. The van der Waals surface area contributed by atoms with Crippen molar-refractivity contribution in [2.45, 2.75) is 20.0 Å². The fourth-order valence-electron chi connectivity index (χ4n) is 3.69. The molecule has 3 aromatic rings. The fraction of sp³-hybridized carbons (Fsp3) is 0.160. The highest BCUT2D eigenvalue weighted by Gasteiger charge is 2.41. The lowest BCUT2D eigenvalue weighted by molar-refractivity contribution is -0.138. The van der Waals surface area contributed by atoms with E-state index in [4.69, 9.17) is 0 Å². The molecular weight excluding hydrogens is 374 g/mol. The van der Waals surface area contributed by atoms with E-state index in [2.05, 4.69) is 4.98 Å². The van der Waals surface area contributed by atoms with E-state index in [9.17, 15) is 9.59 Å². The molecule has 0 bridgehead atoms. The van der Waals surface area contributed by atoms with E-state index < -0.39 is 0 Å². The maximum absolute atomic E-state index is 13.5. The standard InChI is InChI=1S/C25H23N3O2/c1-2-27(17-19-10-5-3-6-11-19)23-22(21-13-7-4-8-14-21)24(29)28(25(23)30)18-20-12-9-15-26-16-20/h3-16H,2,17-18H2,1H3. The third-order valence-corrected chi connectivity index (χ3v) is 5.18. The first-order valence-corrected chi connectivity index (χ1v) is 10.0. The van der Waals surface area contributed by atoms with E-state index in [0.717, 1.165) is 16.7 Å². The van der Waals surface area contributed by atoms with Gasteiger partial charge in [0, 0.05) is 25.5 Å². The molecule has 0 unspecified atom stereocenters. The van der Waals surface area contributed by atoms with Crippen molar-refractivity contribution in [3.8, 4) is 0 Å². The highest BCUT2D eigenvalue weighted by molar-refractivity contribution is 6.35. The molecular formula is C25H23N3O2. The van der Waals surface area contributed by atoms with Crippen molar-refractivity contribution >= 4 is 17.4 Å². The molecule has 0 N–H and O–H groups in total. The van der Waals surface area contributed by atoms with Gasteiger partial charge in [-0.05, 0) is 29.7 Å². The van der Waals surface area contributed by atoms with Gasteiger partial charge in [-0.2, -0.15) is 0 Å². The monoisotopic (exact) mass is 397 g/mol. The number of benzene rings is 2. The van der Waals surface area contributed by atoms with Crippen LogP contribution in [0.15, 0.2) is 90.9 Å². The first-order chi connectivity index (χ1) is 14.7. The van der Waals surface area contributed by atoms with Gasteiger partial charge in [-0.25, -0.2) is 0 Å². The number of likely N-dealkylation sites (N-methyl/N-ethyl adjacent to an activating group) is 1. The van der Waals surface area contributed by atoms with E-state index >= 15 is 0 Å². The molecule has 0 radical (unpaired) electrons. The smallest absolute Gasteiger partial charge is 0.278 e. The third kappa shape index (κ3) is 3.87. The van der Waals surface area contributed by atoms with Gasteiger partial charge in [-0.3, -0.25) is 19.5 Å². The third-order valence-electron chi connectivity index (χ3n) is 5.18. The van der Waals surface area contributed by atoms with E-state index in [-0.39, 0.29) is 18.4 Å². The number of hydrogen-bond acceptors (Lipinski definition) is 4. The van der Waals surface area contributed by atoms with Crippen LogP contribution in [0.25, 0.3) is 5.57 Å². The predicted octanol–water partition coefficient (Wildman–Crippen LogP) is 3.88. The molecule has 5 heteroatoms. The van der Waals surface area contributed by atoms with Crippen LogP contribution in [0.1, 0.15) is 23.6 Å². The molecule has 0 saturated heterocycles. The van der Waals surface area contributed by atoms with Crippen LogP contribution in [0.3, 0.4) is 0 Å². The van der Waals surface area contributed by atoms with E-state index in [1.54, 1.807) is 18.5 Å². The van der Waals surface area contributed by atoms with Crippen LogP contribution >= 0.6 is 0 Å². The maximum atomic E-state index is 13.5. The summed E-state index contributed by atoms with van der Waals surface area (Å²) >= 11 is 0. The number of pyridine rings is 1. The predicted molar refractivity (Wildman–Crippen MR) is 116 cm³/mol. The van der Waals surface area contributed by atoms with Gasteiger partial charge in [-0.15, -0.1) is 0 Å². The van der Waals surface area contributed by atoms with Crippen molar-refractivity contribution in [3.63, 3.8) is 0 Å². The van der Waals surface area contributed by atoms with Crippen molar-refractivity contribution < 1.29 is 9.59 Å². The molecule has 0 spiro atoms. The second-order valence-corrected chi connectivity index (χ2v) is 7.15. The van der Waals surface area contributed by atoms with Gasteiger partial charge in [0.1, 0.15) is 5.70 Å². The highest BCUT2D eigenvalue weighted by atomic mass is 16.2. The Morgan fingerprint density at radius 3 is 2.13 bits per heavy atom. The fourth-order valence-corrected chi connectivity index (χ4v) is 3.69. The molecule has 1 aliphatic rings. The summed E-state index contributed by atoms with van der Waals surface area (Å²) in [7, 11) is 0. The van der Waals surface area contributed by atoms with Crippen LogP contribution in [0.2, 0.25) is 0 Å². The first-order valence-electron chi connectivity index (χ1n) is 10.0. The Labute approximate surface area is 176 Å². The number of carbonyl (C=O) groups is 2. The average Bonchev–Trinajstić information content (AvgIpc) is 3.04.